The molecule has 0 saturated carbocycles. The quantitative estimate of drug-likeness (QED) is 0.894. The van der Waals surface area contributed by atoms with Gasteiger partial charge < -0.3 is 15.4 Å². The van der Waals surface area contributed by atoms with Crippen LogP contribution in [0.3, 0.4) is 0 Å². The Bertz CT molecular complexity index is 538. The molecule has 1 fully saturated rings. The van der Waals surface area contributed by atoms with Crippen LogP contribution in [-0.4, -0.2) is 36.4 Å². The molecule has 0 aromatic heterocycles. The Balaban J connectivity index is 1.88. The Morgan fingerprint density at radius 1 is 1.50 bits per heavy atom. The number of likely N-dealkylation sites (tertiary alicyclic amines) is 1. The van der Waals surface area contributed by atoms with Crippen molar-refractivity contribution in [2.75, 3.05) is 19.7 Å². The predicted octanol–water partition coefficient (Wildman–Crippen LogP) is 1.30. The standard InChI is InChI=1S/C13H14BrFN2O3/c14-9-1-2-11(10(15)5-9)20-7-12(18)17-4-3-8(6-17)13(16)19/h1-2,5,8H,3-4,6-7H2,(H2,16,19)/t8-/m1/s1. The summed E-state index contributed by atoms with van der Waals surface area (Å²) in [5, 5.41) is 0. The average molecular weight is 345 g/mol. The fraction of sp³-hybridized carbons (Fsp3) is 0.385. The van der Waals surface area contributed by atoms with Gasteiger partial charge in [-0.3, -0.25) is 9.59 Å². The molecule has 2 rings (SSSR count). The fourth-order valence-electron chi connectivity index (χ4n) is 2.04. The Kier molecular flexibility index (Phi) is 4.59. The Morgan fingerprint density at radius 2 is 2.25 bits per heavy atom. The summed E-state index contributed by atoms with van der Waals surface area (Å²) in [6.45, 7) is 0.517. The van der Waals surface area contributed by atoms with E-state index in [0.717, 1.165) is 0 Å². The van der Waals surface area contributed by atoms with E-state index >= 15 is 0 Å². The van der Waals surface area contributed by atoms with Crippen molar-refractivity contribution in [1.82, 2.24) is 4.90 Å². The van der Waals surface area contributed by atoms with Crippen molar-refractivity contribution in [3.63, 3.8) is 0 Å². The summed E-state index contributed by atoms with van der Waals surface area (Å²) < 4.78 is 19.3. The van der Waals surface area contributed by atoms with Gasteiger partial charge in [0.25, 0.3) is 5.91 Å². The van der Waals surface area contributed by atoms with Crippen LogP contribution in [0.15, 0.2) is 22.7 Å². The first kappa shape index (κ1) is 14.8. The Morgan fingerprint density at radius 3 is 2.85 bits per heavy atom. The molecule has 2 N–H and O–H groups in total. The number of hydrogen-bond donors (Lipinski definition) is 1. The van der Waals surface area contributed by atoms with E-state index in [1.54, 1.807) is 6.07 Å². The van der Waals surface area contributed by atoms with Gasteiger partial charge in [-0.25, -0.2) is 4.39 Å². The van der Waals surface area contributed by atoms with Crippen molar-refractivity contribution in [3.8, 4) is 5.75 Å². The molecule has 1 atom stereocenters. The predicted molar refractivity (Wildman–Crippen MR) is 73.5 cm³/mol. The SMILES string of the molecule is NC(=O)[C@@H]1CCN(C(=O)COc2ccc(Br)cc2F)C1. The first-order chi connectivity index (χ1) is 9.47. The second kappa shape index (κ2) is 6.21. The number of nitrogens with two attached hydrogens (primary N) is 1. The van der Waals surface area contributed by atoms with Crippen LogP contribution in [0.1, 0.15) is 6.42 Å². The molecule has 1 aliphatic heterocycles. The summed E-state index contributed by atoms with van der Waals surface area (Å²) in [4.78, 5) is 24.4. The van der Waals surface area contributed by atoms with Crippen molar-refractivity contribution in [1.29, 1.82) is 0 Å². The highest BCUT2D eigenvalue weighted by Gasteiger charge is 2.29. The monoisotopic (exact) mass is 344 g/mol. The Labute approximate surface area is 124 Å². The lowest BCUT2D eigenvalue weighted by Crippen LogP contribution is -2.34. The lowest BCUT2D eigenvalue weighted by molar-refractivity contribution is -0.132. The third-order valence-electron chi connectivity index (χ3n) is 3.19. The minimum absolute atomic E-state index is 0.0206. The lowest BCUT2D eigenvalue weighted by atomic mass is 10.1. The molecule has 0 unspecified atom stereocenters. The van der Waals surface area contributed by atoms with Gasteiger partial charge >= 0.3 is 0 Å². The summed E-state index contributed by atoms with van der Waals surface area (Å²) in [6, 6.07) is 4.34. The van der Waals surface area contributed by atoms with Crippen LogP contribution in [0, 0.1) is 11.7 Å². The van der Waals surface area contributed by atoms with Gasteiger partial charge in [0.05, 0.1) is 5.92 Å². The molecule has 108 valence electrons. The fourth-order valence-corrected chi connectivity index (χ4v) is 2.38. The molecule has 7 heteroatoms. The number of hydrogen-bond acceptors (Lipinski definition) is 3. The van der Waals surface area contributed by atoms with E-state index in [9.17, 15) is 14.0 Å². The summed E-state index contributed by atoms with van der Waals surface area (Å²) >= 11 is 3.14. The highest BCUT2D eigenvalue weighted by atomic mass is 79.9. The van der Waals surface area contributed by atoms with E-state index < -0.39 is 11.7 Å². The highest BCUT2D eigenvalue weighted by Crippen LogP contribution is 2.22. The number of benzene rings is 1. The smallest absolute Gasteiger partial charge is 0.260 e. The van der Waals surface area contributed by atoms with E-state index in [4.69, 9.17) is 10.5 Å². The van der Waals surface area contributed by atoms with Crippen molar-refractivity contribution in [2.24, 2.45) is 11.7 Å². The molecule has 1 aliphatic rings. The normalized spacial score (nSPS) is 18.1. The van der Waals surface area contributed by atoms with E-state index in [1.807, 2.05) is 0 Å². The van der Waals surface area contributed by atoms with Crippen molar-refractivity contribution >= 4 is 27.7 Å². The number of carbonyl (C=O) groups excluding carboxylic acids is 2. The average Bonchev–Trinajstić information content (AvgIpc) is 2.87. The number of carbonyl (C=O) groups is 2. The van der Waals surface area contributed by atoms with Gasteiger partial charge in [-0.2, -0.15) is 0 Å². The molecule has 5 nitrogen and oxygen atoms in total. The number of amides is 2. The molecule has 2 amide bonds. The third-order valence-corrected chi connectivity index (χ3v) is 3.68. The van der Waals surface area contributed by atoms with Crippen LogP contribution >= 0.6 is 15.9 Å². The molecule has 1 saturated heterocycles. The number of rotatable bonds is 4. The third kappa shape index (κ3) is 3.47. The van der Waals surface area contributed by atoms with Crippen LogP contribution < -0.4 is 10.5 Å². The number of ether oxygens (including phenoxy) is 1. The molecule has 1 heterocycles. The van der Waals surface area contributed by atoms with E-state index in [2.05, 4.69) is 15.9 Å². The first-order valence-electron chi connectivity index (χ1n) is 6.12. The Hall–Kier alpha value is -1.63. The topological polar surface area (TPSA) is 72.6 Å². The van der Waals surface area contributed by atoms with Crippen LogP contribution in [0.5, 0.6) is 5.75 Å². The maximum absolute atomic E-state index is 13.5. The minimum atomic E-state index is -0.538. The van der Waals surface area contributed by atoms with E-state index in [-0.39, 0.29) is 24.2 Å². The maximum Gasteiger partial charge on any atom is 0.260 e. The van der Waals surface area contributed by atoms with Crippen LogP contribution in [0.25, 0.3) is 0 Å². The number of primary amides is 1. The maximum atomic E-state index is 13.5. The molecule has 1 aromatic carbocycles. The van der Waals surface area contributed by atoms with Gasteiger partial charge in [0.2, 0.25) is 5.91 Å². The van der Waals surface area contributed by atoms with E-state index in [1.165, 1.54) is 17.0 Å². The second-order valence-corrected chi connectivity index (χ2v) is 5.51. The van der Waals surface area contributed by atoms with Crippen molar-refractivity contribution in [3.05, 3.63) is 28.5 Å². The van der Waals surface area contributed by atoms with Gasteiger partial charge in [-0.1, -0.05) is 15.9 Å². The molecule has 0 spiro atoms. The second-order valence-electron chi connectivity index (χ2n) is 4.59. The zero-order valence-electron chi connectivity index (χ0n) is 10.6. The molecule has 20 heavy (non-hydrogen) atoms. The highest BCUT2D eigenvalue weighted by molar-refractivity contribution is 9.10. The van der Waals surface area contributed by atoms with Gasteiger partial charge in [0.1, 0.15) is 0 Å². The zero-order valence-corrected chi connectivity index (χ0v) is 12.2. The lowest BCUT2D eigenvalue weighted by Gasteiger charge is -2.16. The van der Waals surface area contributed by atoms with Crippen molar-refractivity contribution < 1.29 is 18.7 Å². The largest absolute Gasteiger partial charge is 0.481 e. The van der Waals surface area contributed by atoms with Gasteiger partial charge in [-0.05, 0) is 24.6 Å². The molecule has 1 aromatic rings. The first-order valence-corrected chi connectivity index (χ1v) is 6.91. The summed E-state index contributed by atoms with van der Waals surface area (Å²) in [6.07, 6.45) is 0.563. The van der Waals surface area contributed by atoms with Gasteiger partial charge in [0, 0.05) is 17.6 Å². The van der Waals surface area contributed by atoms with Crippen LogP contribution in [0.2, 0.25) is 0 Å². The van der Waals surface area contributed by atoms with Crippen LogP contribution in [0.4, 0.5) is 4.39 Å². The summed E-state index contributed by atoms with van der Waals surface area (Å²) in [7, 11) is 0. The van der Waals surface area contributed by atoms with Crippen molar-refractivity contribution in [2.45, 2.75) is 6.42 Å². The van der Waals surface area contributed by atoms with Gasteiger partial charge in [0.15, 0.2) is 18.2 Å². The minimum Gasteiger partial charge on any atom is -0.481 e. The molecule has 0 aliphatic carbocycles. The molecular weight excluding hydrogens is 331 g/mol. The van der Waals surface area contributed by atoms with E-state index in [0.29, 0.717) is 24.0 Å². The molecular formula is C13H14BrFN2O3. The number of nitrogens with zero attached hydrogens (tertiary/aromatic N) is 1. The summed E-state index contributed by atoms with van der Waals surface area (Å²) in [5.74, 6) is -1.50. The van der Waals surface area contributed by atoms with Gasteiger partial charge in [-0.15, -0.1) is 0 Å². The zero-order chi connectivity index (χ0) is 14.7. The van der Waals surface area contributed by atoms with Crippen LogP contribution in [-0.2, 0) is 9.59 Å². The molecule has 0 radical (unpaired) electrons. The number of halogens is 2. The summed E-state index contributed by atoms with van der Waals surface area (Å²) in [5.41, 5.74) is 5.20. The molecule has 0 bridgehead atoms.